The van der Waals surface area contributed by atoms with Gasteiger partial charge in [-0.2, -0.15) is 0 Å². The molecule has 1 aliphatic heterocycles. The summed E-state index contributed by atoms with van der Waals surface area (Å²) in [5, 5.41) is 3.01. The van der Waals surface area contributed by atoms with E-state index in [1.54, 1.807) is 12.1 Å². The highest BCUT2D eigenvalue weighted by molar-refractivity contribution is 5.35. The molecule has 0 spiro atoms. The summed E-state index contributed by atoms with van der Waals surface area (Å²) >= 11 is 0. The van der Waals surface area contributed by atoms with E-state index in [0.29, 0.717) is 17.9 Å². The fraction of sp³-hybridized carbons (Fsp3) is 0.273. The first-order valence-corrected chi connectivity index (χ1v) is 4.59. The lowest BCUT2D eigenvalue weighted by atomic mass is 9.83. The van der Waals surface area contributed by atoms with Crippen LogP contribution in [-0.2, 0) is 5.41 Å². The maximum Gasteiger partial charge on any atom is 0.127 e. The van der Waals surface area contributed by atoms with Crippen molar-refractivity contribution in [1.82, 2.24) is 5.32 Å². The van der Waals surface area contributed by atoms with E-state index in [2.05, 4.69) is 5.32 Å². The molecule has 0 amide bonds. The molecular weight excluding hydrogens is 179 g/mol. The molecule has 0 radical (unpaired) electrons. The van der Waals surface area contributed by atoms with Crippen LogP contribution in [0.3, 0.4) is 0 Å². The fourth-order valence-electron chi connectivity index (χ4n) is 1.83. The lowest BCUT2D eigenvalue weighted by Gasteiger charge is -2.21. The zero-order chi connectivity index (χ0) is 10.2. The summed E-state index contributed by atoms with van der Waals surface area (Å²) in [6.45, 7) is 2.62. The van der Waals surface area contributed by atoms with Crippen molar-refractivity contribution in [2.45, 2.75) is 12.3 Å². The van der Waals surface area contributed by atoms with E-state index in [1.807, 2.05) is 19.1 Å². The van der Waals surface area contributed by atoms with Crippen molar-refractivity contribution in [3.63, 3.8) is 0 Å². The third-order valence-corrected chi connectivity index (χ3v) is 2.62. The van der Waals surface area contributed by atoms with Crippen LogP contribution in [0.4, 0.5) is 4.39 Å². The summed E-state index contributed by atoms with van der Waals surface area (Å²) in [5.41, 5.74) is 5.99. The van der Waals surface area contributed by atoms with Crippen LogP contribution in [-0.4, -0.2) is 6.54 Å². The van der Waals surface area contributed by atoms with Crippen molar-refractivity contribution in [2.75, 3.05) is 6.54 Å². The van der Waals surface area contributed by atoms with Crippen LogP contribution < -0.4 is 11.1 Å². The number of halogens is 1. The molecule has 74 valence electrons. The number of nitrogens with two attached hydrogens (primary N) is 1. The van der Waals surface area contributed by atoms with Crippen molar-refractivity contribution in [3.05, 3.63) is 47.5 Å². The number of nitrogens with one attached hydrogen (secondary N) is 1. The highest BCUT2D eigenvalue weighted by Crippen LogP contribution is 2.30. The second-order valence-electron chi connectivity index (χ2n) is 3.85. The van der Waals surface area contributed by atoms with Crippen LogP contribution in [0.5, 0.6) is 0 Å². The Balaban J connectivity index is 2.45. The van der Waals surface area contributed by atoms with Gasteiger partial charge in [0.25, 0.3) is 0 Å². The zero-order valence-electron chi connectivity index (χ0n) is 8.05. The molecule has 1 aromatic rings. The van der Waals surface area contributed by atoms with E-state index in [0.717, 1.165) is 0 Å². The van der Waals surface area contributed by atoms with Gasteiger partial charge in [0.1, 0.15) is 5.82 Å². The highest BCUT2D eigenvalue weighted by Gasteiger charge is 2.31. The minimum absolute atomic E-state index is 0.178. The molecule has 14 heavy (non-hydrogen) atoms. The number of rotatable bonds is 1. The largest absolute Gasteiger partial charge is 0.386 e. The molecule has 3 heteroatoms. The van der Waals surface area contributed by atoms with E-state index in [-0.39, 0.29) is 11.2 Å². The smallest absolute Gasteiger partial charge is 0.127 e. The van der Waals surface area contributed by atoms with Crippen LogP contribution in [0.2, 0.25) is 0 Å². The molecule has 1 heterocycles. The second kappa shape index (κ2) is 3.01. The van der Waals surface area contributed by atoms with E-state index < -0.39 is 0 Å². The fourth-order valence-corrected chi connectivity index (χ4v) is 1.83. The van der Waals surface area contributed by atoms with Gasteiger partial charge < -0.3 is 11.1 Å². The monoisotopic (exact) mass is 192 g/mol. The lowest BCUT2D eigenvalue weighted by Crippen LogP contribution is -2.27. The van der Waals surface area contributed by atoms with Crippen LogP contribution in [0.15, 0.2) is 36.2 Å². The van der Waals surface area contributed by atoms with E-state index >= 15 is 0 Å². The van der Waals surface area contributed by atoms with Crippen molar-refractivity contribution >= 4 is 0 Å². The molecule has 1 aliphatic rings. The number of hydrogen-bond donors (Lipinski definition) is 2. The maximum absolute atomic E-state index is 13.5. The molecule has 0 aromatic heterocycles. The first-order chi connectivity index (χ1) is 6.62. The Hall–Kier alpha value is -1.51. The van der Waals surface area contributed by atoms with Crippen molar-refractivity contribution in [2.24, 2.45) is 5.73 Å². The third kappa shape index (κ3) is 1.35. The van der Waals surface area contributed by atoms with E-state index in [1.165, 1.54) is 6.07 Å². The average molecular weight is 192 g/mol. The molecule has 0 saturated heterocycles. The lowest BCUT2D eigenvalue weighted by molar-refractivity contribution is 0.535. The van der Waals surface area contributed by atoms with Crippen LogP contribution >= 0.6 is 0 Å². The summed E-state index contributed by atoms with van der Waals surface area (Å²) in [6.07, 6.45) is 1.87. The first kappa shape index (κ1) is 9.06. The first-order valence-electron chi connectivity index (χ1n) is 4.59. The Labute approximate surface area is 82.6 Å². The summed E-state index contributed by atoms with van der Waals surface area (Å²) in [7, 11) is 0. The summed E-state index contributed by atoms with van der Waals surface area (Å²) in [6, 6.07) is 6.80. The van der Waals surface area contributed by atoms with Gasteiger partial charge in [-0.05, 0) is 17.7 Å². The SMILES string of the molecule is C[C@@]1(c2ccccc2F)C=C(N)NC1. The predicted molar refractivity (Wildman–Crippen MR) is 54.0 cm³/mol. The Morgan fingerprint density at radius 2 is 2.14 bits per heavy atom. The number of hydrogen-bond acceptors (Lipinski definition) is 2. The van der Waals surface area contributed by atoms with Gasteiger partial charge in [-0.25, -0.2) is 4.39 Å². The minimum atomic E-state index is -0.324. The number of benzene rings is 1. The van der Waals surface area contributed by atoms with Gasteiger partial charge >= 0.3 is 0 Å². The van der Waals surface area contributed by atoms with Gasteiger partial charge in [0.05, 0.1) is 5.82 Å². The molecule has 0 unspecified atom stereocenters. The van der Waals surface area contributed by atoms with Crippen molar-refractivity contribution in [1.29, 1.82) is 0 Å². The van der Waals surface area contributed by atoms with Crippen molar-refractivity contribution in [3.8, 4) is 0 Å². The van der Waals surface area contributed by atoms with Crippen molar-refractivity contribution < 1.29 is 4.39 Å². The molecular formula is C11H13FN2. The van der Waals surface area contributed by atoms with Gasteiger partial charge in [0, 0.05) is 12.0 Å². The van der Waals surface area contributed by atoms with Gasteiger partial charge in [0.15, 0.2) is 0 Å². The average Bonchev–Trinajstić information content (AvgIpc) is 2.48. The molecule has 0 bridgehead atoms. The van der Waals surface area contributed by atoms with Gasteiger partial charge in [-0.1, -0.05) is 25.1 Å². The Morgan fingerprint density at radius 1 is 1.43 bits per heavy atom. The summed E-state index contributed by atoms with van der Waals surface area (Å²) in [5.74, 6) is 0.443. The normalized spacial score (nSPS) is 25.7. The predicted octanol–water partition coefficient (Wildman–Crippen LogP) is 1.49. The van der Waals surface area contributed by atoms with Gasteiger partial charge in [0.2, 0.25) is 0 Å². The Bertz CT molecular complexity index is 387. The van der Waals surface area contributed by atoms with Gasteiger partial charge in [-0.3, -0.25) is 0 Å². The topological polar surface area (TPSA) is 38.0 Å². The highest BCUT2D eigenvalue weighted by atomic mass is 19.1. The third-order valence-electron chi connectivity index (χ3n) is 2.62. The molecule has 2 nitrogen and oxygen atoms in total. The zero-order valence-corrected chi connectivity index (χ0v) is 8.05. The molecule has 3 N–H and O–H groups in total. The minimum Gasteiger partial charge on any atom is -0.386 e. The van der Waals surface area contributed by atoms with Gasteiger partial charge in [-0.15, -0.1) is 0 Å². The molecule has 1 atom stereocenters. The quantitative estimate of drug-likeness (QED) is 0.707. The molecule has 0 saturated carbocycles. The standard InChI is InChI=1S/C11H13FN2/c1-11(6-10(13)14-7-11)8-4-2-3-5-9(8)12/h2-6,14H,7,13H2,1H3/t11-/m1/s1. The molecule has 2 rings (SSSR count). The summed E-state index contributed by atoms with van der Waals surface area (Å²) < 4.78 is 13.5. The maximum atomic E-state index is 13.5. The van der Waals surface area contributed by atoms with E-state index in [4.69, 9.17) is 5.73 Å². The second-order valence-corrected chi connectivity index (χ2v) is 3.85. The molecule has 1 aromatic carbocycles. The Kier molecular flexibility index (Phi) is 1.95. The summed E-state index contributed by atoms with van der Waals surface area (Å²) in [4.78, 5) is 0. The molecule has 0 aliphatic carbocycles. The molecule has 0 fully saturated rings. The van der Waals surface area contributed by atoms with Crippen LogP contribution in [0.25, 0.3) is 0 Å². The Morgan fingerprint density at radius 3 is 2.71 bits per heavy atom. The van der Waals surface area contributed by atoms with Crippen LogP contribution in [0, 0.1) is 5.82 Å². The van der Waals surface area contributed by atoms with E-state index in [9.17, 15) is 4.39 Å². The van der Waals surface area contributed by atoms with Crippen LogP contribution in [0.1, 0.15) is 12.5 Å².